The quantitative estimate of drug-likeness (QED) is 0.329. The Morgan fingerprint density at radius 1 is 0.975 bits per heavy atom. The number of hydrogen-bond acceptors (Lipinski definition) is 7. The number of aliphatic carboxylic acids is 1. The minimum absolute atomic E-state index is 0.0743. The van der Waals surface area contributed by atoms with Crippen molar-refractivity contribution < 1.29 is 19.4 Å². The highest BCUT2D eigenvalue weighted by atomic mass is 16.5. The molecule has 8 nitrogen and oxygen atoms in total. The topological polar surface area (TPSA) is 97.7 Å². The van der Waals surface area contributed by atoms with Crippen molar-refractivity contribution in [1.82, 2.24) is 15.0 Å². The number of carbonyl (C=O) groups is 1. The summed E-state index contributed by atoms with van der Waals surface area (Å²) in [4.78, 5) is 28.1. The molecule has 0 bridgehead atoms. The molecule has 0 atom stereocenters. The van der Waals surface area contributed by atoms with E-state index in [0.717, 1.165) is 80.3 Å². The Hall–Kier alpha value is -4.56. The lowest BCUT2D eigenvalue weighted by atomic mass is 9.86. The van der Waals surface area contributed by atoms with Crippen LogP contribution in [0, 0.1) is 6.92 Å². The van der Waals surface area contributed by atoms with E-state index in [2.05, 4.69) is 39.1 Å². The number of nitrogens with zero attached hydrogens (tertiary/aromatic N) is 4. The third-order valence-corrected chi connectivity index (χ3v) is 7.90. The molecule has 7 rings (SSSR count). The maximum Gasteiger partial charge on any atom is 0.307 e. The second-order valence-electron chi connectivity index (χ2n) is 10.3. The van der Waals surface area contributed by atoms with Gasteiger partial charge in [-0.1, -0.05) is 18.2 Å². The molecule has 4 heterocycles. The van der Waals surface area contributed by atoms with Crippen molar-refractivity contribution in [3.05, 3.63) is 77.7 Å². The van der Waals surface area contributed by atoms with Gasteiger partial charge in [-0.05, 0) is 69.8 Å². The summed E-state index contributed by atoms with van der Waals surface area (Å²) in [6.45, 7) is 5.56. The van der Waals surface area contributed by atoms with E-state index in [4.69, 9.17) is 14.5 Å². The molecule has 3 aromatic carbocycles. The number of rotatable bonds is 5. The summed E-state index contributed by atoms with van der Waals surface area (Å²) < 4.78 is 11.4. The van der Waals surface area contributed by atoms with Crippen LogP contribution in [0.5, 0.6) is 5.75 Å². The van der Waals surface area contributed by atoms with Crippen LogP contribution in [0.4, 0.5) is 5.95 Å². The van der Waals surface area contributed by atoms with Gasteiger partial charge in [0.25, 0.3) is 0 Å². The van der Waals surface area contributed by atoms with Crippen LogP contribution in [0.2, 0.25) is 0 Å². The second kappa shape index (κ2) is 9.88. The van der Waals surface area contributed by atoms with Crippen LogP contribution in [0.15, 0.2) is 61.1 Å². The van der Waals surface area contributed by atoms with Crippen LogP contribution in [-0.2, 0) is 22.4 Å². The third kappa shape index (κ3) is 4.21. The maximum atomic E-state index is 12.0. The van der Waals surface area contributed by atoms with Crippen molar-refractivity contribution in [2.75, 3.05) is 37.8 Å². The van der Waals surface area contributed by atoms with Crippen LogP contribution < -0.4 is 9.64 Å². The molecule has 2 aliphatic heterocycles. The van der Waals surface area contributed by atoms with Gasteiger partial charge in [-0.15, -0.1) is 0 Å². The van der Waals surface area contributed by atoms with E-state index in [1.165, 1.54) is 5.56 Å². The van der Waals surface area contributed by atoms with Gasteiger partial charge in [0.05, 0.1) is 31.8 Å². The number of fused-ring (bicyclic) bond motifs is 1. The molecule has 200 valence electrons. The van der Waals surface area contributed by atoms with Crippen LogP contribution >= 0.6 is 0 Å². The minimum atomic E-state index is -0.864. The SMILES string of the molecule is Cc1cc2cc(-c3cnc(N4CCOCC4)nc3)ccc2c(-c2ccc3c4c(ccnc24)CCO3)c1CC(=O)O. The number of carboxylic acids is 1. The summed E-state index contributed by atoms with van der Waals surface area (Å²) in [5, 5.41) is 12.8. The van der Waals surface area contributed by atoms with E-state index in [9.17, 15) is 9.90 Å². The molecule has 0 aliphatic carbocycles. The zero-order valence-corrected chi connectivity index (χ0v) is 22.2. The summed E-state index contributed by atoms with van der Waals surface area (Å²) in [5.74, 6) is 0.674. The lowest BCUT2D eigenvalue weighted by Gasteiger charge is -2.26. The highest BCUT2D eigenvalue weighted by Gasteiger charge is 2.22. The predicted octanol–water partition coefficient (Wildman–Crippen LogP) is 5.22. The highest BCUT2D eigenvalue weighted by molar-refractivity contribution is 6.09. The van der Waals surface area contributed by atoms with E-state index in [1.807, 2.05) is 43.7 Å². The number of aryl methyl sites for hydroxylation is 1. The van der Waals surface area contributed by atoms with Crippen LogP contribution in [-0.4, -0.2) is 58.9 Å². The lowest BCUT2D eigenvalue weighted by Crippen LogP contribution is -2.37. The van der Waals surface area contributed by atoms with E-state index in [-0.39, 0.29) is 6.42 Å². The molecule has 5 aromatic rings. The highest BCUT2D eigenvalue weighted by Crippen LogP contribution is 2.43. The minimum Gasteiger partial charge on any atom is -0.493 e. The Kier molecular flexibility index (Phi) is 6.04. The number of anilines is 1. The number of benzene rings is 3. The van der Waals surface area contributed by atoms with Crippen molar-refractivity contribution in [3.63, 3.8) is 0 Å². The van der Waals surface area contributed by atoms with Gasteiger partial charge in [0.2, 0.25) is 5.95 Å². The van der Waals surface area contributed by atoms with Crippen molar-refractivity contribution >= 4 is 33.6 Å². The third-order valence-electron chi connectivity index (χ3n) is 7.90. The summed E-state index contributed by atoms with van der Waals surface area (Å²) in [6, 6.07) is 14.4. The van der Waals surface area contributed by atoms with Gasteiger partial charge in [-0.2, -0.15) is 0 Å². The Labute approximate surface area is 231 Å². The van der Waals surface area contributed by atoms with Crippen LogP contribution in [0.25, 0.3) is 43.9 Å². The average molecular weight is 533 g/mol. The number of aromatic nitrogens is 3. The summed E-state index contributed by atoms with van der Waals surface area (Å²) in [6.07, 6.45) is 6.31. The van der Waals surface area contributed by atoms with E-state index >= 15 is 0 Å². The largest absolute Gasteiger partial charge is 0.493 e. The first kappa shape index (κ1) is 24.5. The Morgan fingerprint density at radius 3 is 2.60 bits per heavy atom. The summed E-state index contributed by atoms with van der Waals surface area (Å²) in [5.41, 5.74) is 7.51. The van der Waals surface area contributed by atoms with E-state index in [1.54, 1.807) is 0 Å². The fraction of sp³-hybridized carbons (Fsp3) is 0.250. The monoisotopic (exact) mass is 532 g/mol. The molecule has 1 fully saturated rings. The van der Waals surface area contributed by atoms with Crippen molar-refractivity contribution in [2.24, 2.45) is 0 Å². The molecule has 1 saturated heterocycles. The average Bonchev–Trinajstić information content (AvgIpc) is 2.98. The smallest absolute Gasteiger partial charge is 0.307 e. The zero-order chi connectivity index (χ0) is 27.2. The Balaban J connectivity index is 1.38. The normalized spacial score (nSPS) is 14.9. The maximum absolute atomic E-state index is 12.0. The van der Waals surface area contributed by atoms with Crippen molar-refractivity contribution in [1.29, 1.82) is 0 Å². The molecule has 8 heteroatoms. The van der Waals surface area contributed by atoms with Crippen molar-refractivity contribution in [3.8, 4) is 28.0 Å². The molecule has 40 heavy (non-hydrogen) atoms. The first-order chi connectivity index (χ1) is 19.6. The molecule has 0 amide bonds. The molecule has 1 N–H and O–H groups in total. The molecule has 0 saturated carbocycles. The lowest BCUT2D eigenvalue weighted by molar-refractivity contribution is -0.136. The van der Waals surface area contributed by atoms with Gasteiger partial charge in [-0.3, -0.25) is 9.78 Å². The number of carboxylic acid groups (broad SMARTS) is 1. The predicted molar refractivity (Wildman–Crippen MR) is 154 cm³/mol. The van der Waals surface area contributed by atoms with Crippen molar-refractivity contribution in [2.45, 2.75) is 19.8 Å². The summed E-state index contributed by atoms with van der Waals surface area (Å²) in [7, 11) is 0. The number of pyridine rings is 1. The number of morpholine rings is 1. The number of ether oxygens (including phenoxy) is 2. The molecule has 0 radical (unpaired) electrons. The fourth-order valence-corrected chi connectivity index (χ4v) is 5.96. The molecule has 2 aliphatic rings. The first-order valence-electron chi connectivity index (χ1n) is 13.5. The van der Waals surface area contributed by atoms with Gasteiger partial charge >= 0.3 is 5.97 Å². The van der Waals surface area contributed by atoms with Gasteiger partial charge < -0.3 is 19.5 Å². The van der Waals surface area contributed by atoms with Crippen LogP contribution in [0.3, 0.4) is 0 Å². The summed E-state index contributed by atoms with van der Waals surface area (Å²) >= 11 is 0. The van der Waals surface area contributed by atoms with E-state index in [0.29, 0.717) is 25.8 Å². The van der Waals surface area contributed by atoms with Crippen LogP contribution in [0.1, 0.15) is 16.7 Å². The molecule has 0 unspecified atom stereocenters. The second-order valence-corrected chi connectivity index (χ2v) is 10.3. The molecular weight excluding hydrogens is 504 g/mol. The van der Waals surface area contributed by atoms with Gasteiger partial charge in [0.1, 0.15) is 5.75 Å². The fourth-order valence-electron chi connectivity index (χ4n) is 5.96. The molecular formula is C32H28N4O4. The Morgan fingerprint density at radius 2 is 1.80 bits per heavy atom. The number of hydrogen-bond donors (Lipinski definition) is 1. The molecule has 0 spiro atoms. The van der Waals surface area contributed by atoms with Gasteiger partial charge in [0.15, 0.2) is 0 Å². The standard InChI is InChI=1S/C32H28N4O4/c1-19-14-22-15-21(23-17-34-32(35-18-23)36-9-12-39-13-10-36)2-3-24(22)30(26(19)16-28(37)38)25-4-5-27-29-20(7-11-40-27)6-8-33-31(25)29/h2-6,8,14-15,17-18H,7,9-13,16H2,1H3,(H,37,38). The van der Waals surface area contributed by atoms with E-state index < -0.39 is 5.97 Å². The molecule has 2 aromatic heterocycles. The first-order valence-corrected chi connectivity index (χ1v) is 13.5. The van der Waals surface area contributed by atoms with Gasteiger partial charge in [-0.25, -0.2) is 9.97 Å². The van der Waals surface area contributed by atoms with Gasteiger partial charge in [0, 0.05) is 54.6 Å². The Bertz CT molecular complexity index is 1770. The zero-order valence-electron chi connectivity index (χ0n) is 22.2.